The molecule has 0 saturated carbocycles. The van der Waals surface area contributed by atoms with E-state index in [1.54, 1.807) is 14.2 Å². The Labute approximate surface area is 74.6 Å². The van der Waals surface area contributed by atoms with Crippen molar-refractivity contribution in [2.75, 3.05) is 21.3 Å². The van der Waals surface area contributed by atoms with E-state index in [0.29, 0.717) is 0 Å². The Morgan fingerprint density at radius 2 is 1.33 bits per heavy atom. The number of rotatable bonds is 2. The van der Waals surface area contributed by atoms with Crippen LogP contribution in [0.5, 0.6) is 0 Å². The highest BCUT2D eigenvalue weighted by molar-refractivity contribution is 4.92. The zero-order valence-electron chi connectivity index (χ0n) is 8.68. The fourth-order valence-electron chi connectivity index (χ4n) is 1.78. The van der Waals surface area contributed by atoms with Gasteiger partial charge in [0.1, 0.15) is 11.4 Å². The number of hydrogen-bond acceptors (Lipinski definition) is 3. The second-order valence-corrected chi connectivity index (χ2v) is 3.82. The number of methoxy groups -OCH3 is 2. The monoisotopic (exact) mass is 173 g/mol. The first kappa shape index (κ1) is 9.96. The van der Waals surface area contributed by atoms with Gasteiger partial charge < -0.3 is 9.47 Å². The largest absolute Gasteiger partial charge is 0.364 e. The molecule has 0 spiro atoms. The molecule has 0 aliphatic carbocycles. The van der Waals surface area contributed by atoms with E-state index in [2.05, 4.69) is 18.7 Å². The molecule has 2 atom stereocenters. The Kier molecular flexibility index (Phi) is 2.47. The summed E-state index contributed by atoms with van der Waals surface area (Å²) < 4.78 is 10.9. The van der Waals surface area contributed by atoms with Gasteiger partial charge >= 0.3 is 0 Å². The van der Waals surface area contributed by atoms with E-state index in [4.69, 9.17) is 9.47 Å². The van der Waals surface area contributed by atoms with Crippen molar-refractivity contribution in [3.05, 3.63) is 0 Å². The smallest absolute Gasteiger partial charge is 0.120 e. The first-order chi connectivity index (χ1) is 5.48. The maximum atomic E-state index is 5.45. The van der Waals surface area contributed by atoms with Gasteiger partial charge in [-0.1, -0.05) is 0 Å². The van der Waals surface area contributed by atoms with Gasteiger partial charge in [0.05, 0.1) is 0 Å². The van der Waals surface area contributed by atoms with Crippen LogP contribution in [0.4, 0.5) is 0 Å². The molecule has 1 aliphatic rings. The molecule has 72 valence electrons. The summed E-state index contributed by atoms with van der Waals surface area (Å²) in [5.74, 6) is 0. The SMILES string of the molecule is COC1(C)CCC(C)(OC)N1C. The van der Waals surface area contributed by atoms with Crippen molar-refractivity contribution in [2.24, 2.45) is 0 Å². The summed E-state index contributed by atoms with van der Waals surface area (Å²) in [5, 5.41) is 0. The van der Waals surface area contributed by atoms with Gasteiger partial charge in [0.15, 0.2) is 0 Å². The zero-order chi connectivity index (χ0) is 9.41. The van der Waals surface area contributed by atoms with Crippen LogP contribution in [0.15, 0.2) is 0 Å². The molecule has 1 rings (SSSR count). The second-order valence-electron chi connectivity index (χ2n) is 3.82. The van der Waals surface area contributed by atoms with Gasteiger partial charge in [-0.05, 0) is 33.7 Å². The van der Waals surface area contributed by atoms with Crippen molar-refractivity contribution in [1.29, 1.82) is 0 Å². The molecule has 1 heterocycles. The maximum absolute atomic E-state index is 5.45. The lowest BCUT2D eigenvalue weighted by Crippen LogP contribution is -2.50. The Morgan fingerprint density at radius 3 is 1.50 bits per heavy atom. The van der Waals surface area contributed by atoms with Crippen LogP contribution in [0.2, 0.25) is 0 Å². The van der Waals surface area contributed by atoms with Crippen molar-refractivity contribution in [1.82, 2.24) is 4.90 Å². The van der Waals surface area contributed by atoms with E-state index < -0.39 is 0 Å². The van der Waals surface area contributed by atoms with Crippen LogP contribution in [0.3, 0.4) is 0 Å². The average molecular weight is 173 g/mol. The second kappa shape index (κ2) is 2.98. The predicted molar refractivity (Wildman–Crippen MR) is 47.8 cm³/mol. The van der Waals surface area contributed by atoms with Crippen LogP contribution < -0.4 is 0 Å². The zero-order valence-corrected chi connectivity index (χ0v) is 8.68. The van der Waals surface area contributed by atoms with Gasteiger partial charge in [-0.15, -0.1) is 0 Å². The third-order valence-corrected chi connectivity index (χ3v) is 3.35. The van der Waals surface area contributed by atoms with E-state index in [9.17, 15) is 0 Å². The minimum atomic E-state index is -0.162. The minimum Gasteiger partial charge on any atom is -0.364 e. The average Bonchev–Trinajstić information content (AvgIpc) is 2.32. The van der Waals surface area contributed by atoms with E-state index in [1.807, 2.05) is 7.05 Å². The Balaban J connectivity index is 2.79. The maximum Gasteiger partial charge on any atom is 0.120 e. The predicted octanol–water partition coefficient (Wildman–Crippen LogP) is 1.44. The van der Waals surface area contributed by atoms with E-state index in [0.717, 1.165) is 12.8 Å². The number of ether oxygens (including phenoxy) is 2. The molecule has 0 bridgehead atoms. The van der Waals surface area contributed by atoms with Crippen LogP contribution in [0, 0.1) is 0 Å². The standard InChI is InChI=1S/C9H19NO2/c1-8(11-4)6-7-9(2,12-5)10(8)3/h6-7H2,1-5H3. The highest BCUT2D eigenvalue weighted by Gasteiger charge is 2.48. The van der Waals surface area contributed by atoms with E-state index in [-0.39, 0.29) is 11.4 Å². The lowest BCUT2D eigenvalue weighted by Gasteiger charge is -2.38. The summed E-state index contributed by atoms with van der Waals surface area (Å²) in [6.07, 6.45) is 2.04. The number of hydrogen-bond donors (Lipinski definition) is 0. The highest BCUT2D eigenvalue weighted by Crippen LogP contribution is 2.39. The van der Waals surface area contributed by atoms with Gasteiger partial charge in [-0.25, -0.2) is 0 Å². The Bertz CT molecular complexity index is 156. The first-order valence-corrected chi connectivity index (χ1v) is 4.33. The Morgan fingerprint density at radius 1 is 1.00 bits per heavy atom. The molecule has 0 aromatic rings. The molecule has 3 heteroatoms. The normalized spacial score (nSPS) is 43.8. The molecule has 1 saturated heterocycles. The molecule has 0 radical (unpaired) electrons. The van der Waals surface area contributed by atoms with Crippen LogP contribution in [-0.4, -0.2) is 37.6 Å². The van der Waals surface area contributed by atoms with Gasteiger partial charge in [0.2, 0.25) is 0 Å². The summed E-state index contributed by atoms with van der Waals surface area (Å²) in [7, 11) is 5.54. The lowest BCUT2D eigenvalue weighted by atomic mass is 10.1. The summed E-state index contributed by atoms with van der Waals surface area (Å²) in [6, 6.07) is 0. The molecular formula is C9H19NO2. The summed E-state index contributed by atoms with van der Waals surface area (Å²) in [6.45, 7) is 4.19. The molecule has 0 N–H and O–H groups in total. The van der Waals surface area contributed by atoms with Crippen molar-refractivity contribution in [3.8, 4) is 0 Å². The van der Waals surface area contributed by atoms with Gasteiger partial charge in [0.25, 0.3) is 0 Å². The lowest BCUT2D eigenvalue weighted by molar-refractivity contribution is -0.181. The van der Waals surface area contributed by atoms with Crippen LogP contribution in [-0.2, 0) is 9.47 Å². The van der Waals surface area contributed by atoms with Crippen LogP contribution in [0.1, 0.15) is 26.7 Å². The molecule has 12 heavy (non-hydrogen) atoms. The molecular weight excluding hydrogens is 154 g/mol. The van der Waals surface area contributed by atoms with Crippen molar-refractivity contribution in [2.45, 2.75) is 38.1 Å². The summed E-state index contributed by atoms with van der Waals surface area (Å²) >= 11 is 0. The third-order valence-electron chi connectivity index (χ3n) is 3.35. The Hall–Kier alpha value is -0.120. The molecule has 0 amide bonds. The first-order valence-electron chi connectivity index (χ1n) is 4.33. The minimum absolute atomic E-state index is 0.162. The van der Waals surface area contributed by atoms with Crippen LogP contribution >= 0.6 is 0 Å². The molecule has 2 unspecified atom stereocenters. The van der Waals surface area contributed by atoms with E-state index in [1.165, 1.54) is 0 Å². The third kappa shape index (κ3) is 1.26. The quantitative estimate of drug-likeness (QED) is 0.630. The number of likely N-dealkylation sites (tertiary alicyclic amines) is 1. The highest BCUT2D eigenvalue weighted by atomic mass is 16.5. The van der Waals surface area contributed by atoms with Crippen molar-refractivity contribution < 1.29 is 9.47 Å². The molecule has 0 aromatic heterocycles. The van der Waals surface area contributed by atoms with Crippen molar-refractivity contribution >= 4 is 0 Å². The summed E-state index contributed by atoms with van der Waals surface area (Å²) in [5.41, 5.74) is -0.324. The van der Waals surface area contributed by atoms with Crippen molar-refractivity contribution in [3.63, 3.8) is 0 Å². The molecule has 1 aliphatic heterocycles. The van der Waals surface area contributed by atoms with E-state index >= 15 is 0 Å². The topological polar surface area (TPSA) is 21.7 Å². The molecule has 0 aromatic carbocycles. The summed E-state index contributed by atoms with van der Waals surface area (Å²) in [4.78, 5) is 2.15. The van der Waals surface area contributed by atoms with Gasteiger partial charge in [-0.3, -0.25) is 4.90 Å². The fraction of sp³-hybridized carbons (Fsp3) is 1.00. The fourth-order valence-corrected chi connectivity index (χ4v) is 1.78. The van der Waals surface area contributed by atoms with Gasteiger partial charge in [-0.2, -0.15) is 0 Å². The van der Waals surface area contributed by atoms with Gasteiger partial charge in [0, 0.05) is 14.2 Å². The molecule has 3 nitrogen and oxygen atoms in total. The number of nitrogens with zero attached hydrogens (tertiary/aromatic N) is 1. The van der Waals surface area contributed by atoms with Crippen LogP contribution in [0.25, 0.3) is 0 Å². The molecule has 1 fully saturated rings.